The summed E-state index contributed by atoms with van der Waals surface area (Å²) in [7, 11) is 3.43. The van der Waals surface area contributed by atoms with E-state index < -0.39 is 10.8 Å². The van der Waals surface area contributed by atoms with Crippen LogP contribution in [0.5, 0.6) is 0 Å². The van der Waals surface area contributed by atoms with Crippen LogP contribution in [-0.2, 0) is 0 Å². The summed E-state index contributed by atoms with van der Waals surface area (Å²) in [6.45, 7) is 1.95. The second-order valence-corrected chi connectivity index (χ2v) is 7.20. The molecule has 0 spiro atoms. The van der Waals surface area contributed by atoms with Gasteiger partial charge < -0.3 is 10.2 Å². The fourth-order valence-corrected chi connectivity index (χ4v) is 3.23. The number of carbonyl (C=O) groups is 1. The van der Waals surface area contributed by atoms with Gasteiger partial charge in [-0.05, 0) is 31.2 Å². The maximum Gasteiger partial charge on any atom is 0.293 e. The number of nitro groups is 1. The van der Waals surface area contributed by atoms with Gasteiger partial charge in [0.1, 0.15) is 5.69 Å². The van der Waals surface area contributed by atoms with E-state index in [0.717, 1.165) is 16.3 Å². The maximum atomic E-state index is 12.5. The van der Waals surface area contributed by atoms with Crippen molar-refractivity contribution < 1.29 is 9.72 Å². The Hall–Kier alpha value is -3.26. The van der Waals surface area contributed by atoms with Gasteiger partial charge in [0.2, 0.25) is 0 Å². The molecule has 0 radical (unpaired) electrons. The maximum absolute atomic E-state index is 12.5. The molecule has 0 unspecified atom stereocenters. The molecule has 0 bridgehead atoms. The van der Waals surface area contributed by atoms with Crippen molar-refractivity contribution in [3.63, 3.8) is 0 Å². The smallest absolute Gasteiger partial charge is 0.293 e. The molecule has 27 heavy (non-hydrogen) atoms. The zero-order valence-corrected chi connectivity index (χ0v) is 15.9. The number of rotatable bonds is 5. The predicted octanol–water partition coefficient (Wildman–Crippen LogP) is 4.35. The summed E-state index contributed by atoms with van der Waals surface area (Å²) in [6.07, 6.45) is 0. The summed E-state index contributed by atoms with van der Waals surface area (Å²) in [6, 6.07) is 11.8. The van der Waals surface area contributed by atoms with Crippen molar-refractivity contribution >= 4 is 34.3 Å². The highest BCUT2D eigenvalue weighted by Gasteiger charge is 2.19. The average Bonchev–Trinajstić information content (AvgIpc) is 3.08. The third kappa shape index (κ3) is 4.12. The van der Waals surface area contributed by atoms with Crippen molar-refractivity contribution in [1.29, 1.82) is 0 Å². The summed E-state index contributed by atoms with van der Waals surface area (Å²) < 4.78 is 0. The third-order valence-electron chi connectivity index (χ3n) is 3.97. The van der Waals surface area contributed by atoms with Crippen molar-refractivity contribution in [2.75, 3.05) is 24.3 Å². The molecule has 138 valence electrons. The first-order valence-electron chi connectivity index (χ1n) is 8.15. The van der Waals surface area contributed by atoms with Crippen molar-refractivity contribution in [2.45, 2.75) is 6.92 Å². The second-order valence-electron chi connectivity index (χ2n) is 6.14. The van der Waals surface area contributed by atoms with E-state index in [1.54, 1.807) is 54.6 Å². The van der Waals surface area contributed by atoms with Crippen LogP contribution in [0.1, 0.15) is 15.4 Å². The van der Waals surface area contributed by atoms with Gasteiger partial charge in [-0.2, -0.15) is 0 Å². The minimum absolute atomic E-state index is 0.109. The molecule has 0 aliphatic heterocycles. The van der Waals surface area contributed by atoms with Crippen LogP contribution in [0.3, 0.4) is 0 Å². The fraction of sp³-hybridized carbons (Fsp3) is 0.158. The molecule has 7 nitrogen and oxygen atoms in total. The Morgan fingerprint density at radius 3 is 2.44 bits per heavy atom. The molecular formula is C19H18N4O3S. The number of amides is 1. The number of thiazole rings is 1. The number of hydrogen-bond donors (Lipinski definition) is 1. The van der Waals surface area contributed by atoms with Crippen LogP contribution in [0.2, 0.25) is 0 Å². The first-order valence-corrected chi connectivity index (χ1v) is 9.03. The number of aromatic nitrogens is 1. The van der Waals surface area contributed by atoms with Crippen LogP contribution in [-0.4, -0.2) is 29.9 Å². The van der Waals surface area contributed by atoms with Gasteiger partial charge in [-0.15, -0.1) is 11.3 Å². The normalized spacial score (nSPS) is 10.5. The minimum Gasteiger partial charge on any atom is -0.372 e. The molecule has 0 fully saturated rings. The van der Waals surface area contributed by atoms with Crippen LogP contribution < -0.4 is 10.2 Å². The van der Waals surface area contributed by atoms with Gasteiger partial charge in [0.05, 0.1) is 15.6 Å². The van der Waals surface area contributed by atoms with Crippen molar-refractivity contribution in [1.82, 2.24) is 4.98 Å². The van der Waals surface area contributed by atoms with Gasteiger partial charge in [-0.1, -0.05) is 12.1 Å². The molecule has 1 N–H and O–H groups in total. The highest BCUT2D eigenvalue weighted by Crippen LogP contribution is 2.28. The second kappa shape index (κ2) is 7.55. The number of anilines is 2. The molecule has 0 saturated carbocycles. The first-order chi connectivity index (χ1) is 12.8. The fourth-order valence-electron chi connectivity index (χ4n) is 2.61. The zero-order valence-electron chi connectivity index (χ0n) is 15.1. The van der Waals surface area contributed by atoms with E-state index in [1.165, 1.54) is 6.07 Å². The number of nitro benzene ring substituents is 1. The Kier molecular flexibility index (Phi) is 5.18. The average molecular weight is 382 g/mol. The van der Waals surface area contributed by atoms with Crippen LogP contribution >= 0.6 is 11.3 Å². The van der Waals surface area contributed by atoms with Crippen LogP contribution in [0.4, 0.5) is 17.1 Å². The first kappa shape index (κ1) is 18.5. The Balaban J connectivity index is 1.79. The van der Waals surface area contributed by atoms with E-state index in [1.807, 2.05) is 24.4 Å². The van der Waals surface area contributed by atoms with E-state index in [4.69, 9.17) is 0 Å². The quantitative estimate of drug-likeness (QED) is 0.524. The van der Waals surface area contributed by atoms with Gasteiger partial charge in [0.25, 0.3) is 11.6 Å². The Morgan fingerprint density at radius 1 is 1.19 bits per heavy atom. The summed E-state index contributed by atoms with van der Waals surface area (Å²) in [5, 5.41) is 17.0. The lowest BCUT2D eigenvalue weighted by atomic mass is 10.1. The number of nitrogens with one attached hydrogen (secondary N) is 1. The lowest BCUT2D eigenvalue weighted by Gasteiger charge is -2.13. The standard InChI is InChI=1S/C19H18N4O3S/c1-12-20-16(11-27-12)13-4-7-15(8-5-13)21-19(24)14-6-9-17(22(2)3)18(10-14)23(25)26/h4-11H,1-3H3,(H,21,24). The third-order valence-corrected chi connectivity index (χ3v) is 4.75. The van der Waals surface area contributed by atoms with Gasteiger partial charge in [0, 0.05) is 42.4 Å². The largest absolute Gasteiger partial charge is 0.372 e. The molecule has 0 aliphatic rings. The highest BCUT2D eigenvalue weighted by atomic mass is 32.1. The van der Waals surface area contributed by atoms with Crippen LogP contribution in [0.25, 0.3) is 11.3 Å². The van der Waals surface area contributed by atoms with E-state index in [0.29, 0.717) is 11.4 Å². The topological polar surface area (TPSA) is 88.4 Å². The monoisotopic (exact) mass is 382 g/mol. The van der Waals surface area contributed by atoms with E-state index in [2.05, 4.69) is 10.3 Å². The van der Waals surface area contributed by atoms with Gasteiger partial charge in [-0.25, -0.2) is 4.98 Å². The lowest BCUT2D eigenvalue weighted by molar-refractivity contribution is -0.384. The number of aryl methyl sites for hydroxylation is 1. The van der Waals surface area contributed by atoms with E-state index in [9.17, 15) is 14.9 Å². The van der Waals surface area contributed by atoms with Crippen molar-refractivity contribution in [3.05, 3.63) is 68.5 Å². The van der Waals surface area contributed by atoms with Gasteiger partial charge in [-0.3, -0.25) is 14.9 Å². The lowest BCUT2D eigenvalue weighted by Crippen LogP contribution is -2.15. The van der Waals surface area contributed by atoms with E-state index in [-0.39, 0.29) is 11.3 Å². The molecule has 0 saturated heterocycles. The molecule has 0 aliphatic carbocycles. The summed E-state index contributed by atoms with van der Waals surface area (Å²) in [5.41, 5.74) is 3.02. The van der Waals surface area contributed by atoms with Crippen LogP contribution in [0.15, 0.2) is 47.8 Å². The molecular weight excluding hydrogens is 364 g/mol. The van der Waals surface area contributed by atoms with Gasteiger partial charge >= 0.3 is 0 Å². The highest BCUT2D eigenvalue weighted by molar-refractivity contribution is 7.09. The van der Waals surface area contributed by atoms with Crippen LogP contribution in [0, 0.1) is 17.0 Å². The number of carbonyl (C=O) groups excluding carboxylic acids is 1. The molecule has 3 aromatic rings. The number of benzene rings is 2. The number of nitrogens with zero attached hydrogens (tertiary/aromatic N) is 3. The molecule has 2 aromatic carbocycles. The Labute approximate surface area is 160 Å². The Bertz CT molecular complexity index is 996. The zero-order chi connectivity index (χ0) is 19.6. The Morgan fingerprint density at radius 2 is 1.89 bits per heavy atom. The molecule has 1 heterocycles. The summed E-state index contributed by atoms with van der Waals surface area (Å²) >= 11 is 1.58. The molecule has 1 amide bonds. The summed E-state index contributed by atoms with van der Waals surface area (Å²) in [5.74, 6) is -0.402. The molecule has 8 heteroatoms. The van der Waals surface area contributed by atoms with Gasteiger partial charge in [0.15, 0.2) is 0 Å². The molecule has 1 aromatic heterocycles. The number of hydrogen-bond acceptors (Lipinski definition) is 6. The summed E-state index contributed by atoms with van der Waals surface area (Å²) in [4.78, 5) is 29.3. The molecule has 3 rings (SSSR count). The predicted molar refractivity (Wildman–Crippen MR) is 108 cm³/mol. The van der Waals surface area contributed by atoms with Crippen molar-refractivity contribution in [2.24, 2.45) is 0 Å². The van der Waals surface area contributed by atoms with E-state index >= 15 is 0 Å². The molecule has 0 atom stereocenters. The minimum atomic E-state index is -0.489. The SMILES string of the molecule is Cc1nc(-c2ccc(NC(=O)c3ccc(N(C)C)c([N+](=O)[O-])c3)cc2)cs1. The van der Waals surface area contributed by atoms with Crippen molar-refractivity contribution in [3.8, 4) is 11.3 Å².